The molecule has 1 aromatic heterocycles. The van der Waals surface area contributed by atoms with E-state index in [4.69, 9.17) is 28.3 Å². The molecule has 2 rings (SSSR count). The van der Waals surface area contributed by atoms with Gasteiger partial charge in [-0.15, -0.1) is 0 Å². The molecular formula is C12H8Cl2N2O3S. The Labute approximate surface area is 128 Å². The van der Waals surface area contributed by atoms with E-state index in [1.54, 1.807) is 13.0 Å². The zero-order chi connectivity index (χ0) is 14.9. The van der Waals surface area contributed by atoms with Crippen LogP contribution in [0.25, 0.3) is 0 Å². The van der Waals surface area contributed by atoms with Crippen LogP contribution in [0.3, 0.4) is 0 Å². The molecule has 1 heterocycles. The van der Waals surface area contributed by atoms with Gasteiger partial charge in [0.1, 0.15) is 10.6 Å². The van der Waals surface area contributed by atoms with Crippen molar-refractivity contribution in [2.75, 3.05) is 5.32 Å². The van der Waals surface area contributed by atoms with Gasteiger partial charge in [0.05, 0.1) is 21.3 Å². The van der Waals surface area contributed by atoms with Crippen molar-refractivity contribution in [3.63, 3.8) is 0 Å². The molecule has 2 aromatic rings. The molecule has 0 aliphatic rings. The van der Waals surface area contributed by atoms with E-state index >= 15 is 0 Å². The largest absolute Gasteiger partial charge is 0.478 e. The van der Waals surface area contributed by atoms with E-state index in [1.807, 2.05) is 0 Å². The van der Waals surface area contributed by atoms with E-state index in [0.717, 1.165) is 11.5 Å². The second-order valence-corrected chi connectivity index (χ2v) is 5.42. The Kier molecular flexibility index (Phi) is 4.27. The molecule has 2 N–H and O–H groups in total. The topological polar surface area (TPSA) is 79.3 Å². The SMILES string of the molecule is Cc1nsc(NC(=O)c2c(Cl)cccc2Cl)c1C(=O)O. The van der Waals surface area contributed by atoms with Crippen LogP contribution >= 0.6 is 34.7 Å². The molecule has 0 saturated heterocycles. The Balaban J connectivity index is 2.36. The molecule has 0 saturated carbocycles. The van der Waals surface area contributed by atoms with Gasteiger partial charge in [-0.25, -0.2) is 4.79 Å². The van der Waals surface area contributed by atoms with Crippen molar-refractivity contribution in [1.82, 2.24) is 4.37 Å². The molecule has 0 fully saturated rings. The summed E-state index contributed by atoms with van der Waals surface area (Å²) in [7, 11) is 0. The minimum atomic E-state index is -1.16. The van der Waals surface area contributed by atoms with E-state index in [0.29, 0.717) is 5.69 Å². The first-order valence-corrected chi connectivity index (χ1v) is 6.89. The van der Waals surface area contributed by atoms with Gasteiger partial charge < -0.3 is 10.4 Å². The molecular weight excluding hydrogens is 323 g/mol. The van der Waals surface area contributed by atoms with Gasteiger partial charge in [0.25, 0.3) is 5.91 Å². The summed E-state index contributed by atoms with van der Waals surface area (Å²) in [5.41, 5.74) is 0.396. The van der Waals surface area contributed by atoms with Gasteiger partial charge in [0.15, 0.2) is 0 Å². The minimum Gasteiger partial charge on any atom is -0.478 e. The Morgan fingerprint density at radius 2 is 1.85 bits per heavy atom. The maximum Gasteiger partial charge on any atom is 0.340 e. The lowest BCUT2D eigenvalue weighted by Gasteiger charge is -2.07. The number of halogens is 2. The maximum atomic E-state index is 12.1. The predicted octanol–water partition coefficient (Wildman–Crippen LogP) is 3.71. The molecule has 1 aromatic carbocycles. The van der Waals surface area contributed by atoms with Crippen molar-refractivity contribution in [3.05, 3.63) is 45.1 Å². The molecule has 0 aliphatic carbocycles. The summed E-state index contributed by atoms with van der Waals surface area (Å²) in [6.45, 7) is 1.55. The number of nitrogens with zero attached hydrogens (tertiary/aromatic N) is 1. The van der Waals surface area contributed by atoms with Crippen molar-refractivity contribution in [2.45, 2.75) is 6.92 Å². The third-order valence-electron chi connectivity index (χ3n) is 2.49. The fraction of sp³-hybridized carbons (Fsp3) is 0.0833. The van der Waals surface area contributed by atoms with Gasteiger partial charge in [0, 0.05) is 0 Å². The Hall–Kier alpha value is -1.63. The Bertz CT molecular complexity index is 680. The third kappa shape index (κ3) is 2.77. The van der Waals surface area contributed by atoms with Gasteiger partial charge in [-0.3, -0.25) is 4.79 Å². The maximum absolute atomic E-state index is 12.1. The summed E-state index contributed by atoms with van der Waals surface area (Å²) in [6.07, 6.45) is 0. The molecule has 20 heavy (non-hydrogen) atoms. The van der Waals surface area contributed by atoms with E-state index in [1.165, 1.54) is 12.1 Å². The number of anilines is 1. The highest BCUT2D eigenvalue weighted by Crippen LogP contribution is 2.28. The minimum absolute atomic E-state index is 0.0356. The van der Waals surface area contributed by atoms with Gasteiger partial charge in [-0.1, -0.05) is 29.3 Å². The number of carboxylic acid groups (broad SMARTS) is 1. The molecule has 0 radical (unpaired) electrons. The molecule has 0 unspecified atom stereocenters. The van der Waals surface area contributed by atoms with Crippen molar-refractivity contribution in [2.24, 2.45) is 0 Å². The van der Waals surface area contributed by atoms with Crippen LogP contribution < -0.4 is 5.32 Å². The number of amides is 1. The summed E-state index contributed by atoms with van der Waals surface area (Å²) in [6, 6.07) is 4.66. The van der Waals surface area contributed by atoms with Crippen molar-refractivity contribution >= 4 is 51.6 Å². The molecule has 0 aliphatic heterocycles. The lowest BCUT2D eigenvalue weighted by molar-refractivity contribution is 0.0697. The number of aryl methyl sites for hydroxylation is 1. The van der Waals surface area contributed by atoms with Gasteiger partial charge >= 0.3 is 5.97 Å². The van der Waals surface area contributed by atoms with Crippen molar-refractivity contribution in [1.29, 1.82) is 0 Å². The second-order valence-electron chi connectivity index (χ2n) is 3.83. The lowest BCUT2D eigenvalue weighted by atomic mass is 10.2. The van der Waals surface area contributed by atoms with Gasteiger partial charge in [0.2, 0.25) is 0 Å². The van der Waals surface area contributed by atoms with Crippen LogP contribution in [0.5, 0.6) is 0 Å². The standard InChI is InChI=1S/C12H8Cl2N2O3S/c1-5-8(12(18)19)11(20-16-5)15-10(17)9-6(13)3-2-4-7(9)14/h2-4H,1H3,(H,15,17)(H,18,19). The van der Waals surface area contributed by atoms with Gasteiger partial charge in [-0.05, 0) is 30.6 Å². The summed E-state index contributed by atoms with van der Waals surface area (Å²) in [4.78, 5) is 23.3. The fourth-order valence-electron chi connectivity index (χ4n) is 1.59. The number of aromatic nitrogens is 1. The molecule has 104 valence electrons. The van der Waals surface area contributed by atoms with Crippen molar-refractivity contribution < 1.29 is 14.7 Å². The van der Waals surface area contributed by atoms with E-state index in [-0.39, 0.29) is 26.2 Å². The normalized spacial score (nSPS) is 10.3. The predicted molar refractivity (Wildman–Crippen MR) is 78.2 cm³/mol. The highest BCUT2D eigenvalue weighted by atomic mass is 35.5. The van der Waals surface area contributed by atoms with E-state index < -0.39 is 11.9 Å². The summed E-state index contributed by atoms with van der Waals surface area (Å²) < 4.78 is 3.91. The van der Waals surface area contributed by atoms with E-state index in [2.05, 4.69) is 9.69 Å². The average Bonchev–Trinajstić information content (AvgIpc) is 2.70. The molecule has 8 heteroatoms. The monoisotopic (exact) mass is 330 g/mol. The third-order valence-corrected chi connectivity index (χ3v) is 3.98. The average molecular weight is 331 g/mol. The first-order chi connectivity index (χ1) is 9.41. The van der Waals surface area contributed by atoms with Crippen LogP contribution in [0.1, 0.15) is 26.4 Å². The van der Waals surface area contributed by atoms with Crippen LogP contribution in [0.4, 0.5) is 5.00 Å². The highest BCUT2D eigenvalue weighted by molar-refractivity contribution is 7.11. The summed E-state index contributed by atoms with van der Waals surface area (Å²) in [5, 5.41) is 12.1. The van der Waals surface area contributed by atoms with Crippen LogP contribution in [0, 0.1) is 6.92 Å². The Morgan fingerprint density at radius 3 is 2.40 bits per heavy atom. The number of aromatic carboxylic acids is 1. The number of nitrogens with one attached hydrogen (secondary N) is 1. The number of hydrogen-bond donors (Lipinski definition) is 2. The summed E-state index contributed by atoms with van der Waals surface area (Å²) >= 11 is 12.7. The number of carbonyl (C=O) groups is 2. The zero-order valence-electron chi connectivity index (χ0n) is 10.1. The zero-order valence-corrected chi connectivity index (χ0v) is 12.4. The molecule has 5 nitrogen and oxygen atoms in total. The fourth-order valence-corrected chi connectivity index (χ4v) is 2.94. The van der Waals surface area contributed by atoms with Crippen molar-refractivity contribution in [3.8, 4) is 0 Å². The van der Waals surface area contributed by atoms with Crippen LogP contribution in [0.15, 0.2) is 18.2 Å². The number of rotatable bonds is 3. The molecule has 0 atom stereocenters. The van der Waals surface area contributed by atoms with Crippen LogP contribution in [-0.4, -0.2) is 21.4 Å². The van der Waals surface area contributed by atoms with E-state index in [9.17, 15) is 9.59 Å². The quantitative estimate of drug-likeness (QED) is 0.899. The number of benzene rings is 1. The summed E-state index contributed by atoms with van der Waals surface area (Å²) in [5.74, 6) is -1.73. The van der Waals surface area contributed by atoms with Crippen LogP contribution in [0.2, 0.25) is 10.0 Å². The number of carboxylic acids is 1. The number of hydrogen-bond acceptors (Lipinski definition) is 4. The Morgan fingerprint density at radius 1 is 1.25 bits per heavy atom. The second kappa shape index (κ2) is 5.78. The smallest absolute Gasteiger partial charge is 0.340 e. The first-order valence-electron chi connectivity index (χ1n) is 5.36. The molecule has 1 amide bonds. The molecule has 0 spiro atoms. The first kappa shape index (κ1) is 14.8. The van der Waals surface area contributed by atoms with Crippen LogP contribution in [-0.2, 0) is 0 Å². The number of carbonyl (C=O) groups excluding carboxylic acids is 1. The highest BCUT2D eigenvalue weighted by Gasteiger charge is 2.21. The molecule has 0 bridgehead atoms. The van der Waals surface area contributed by atoms with Gasteiger partial charge in [-0.2, -0.15) is 4.37 Å². The lowest BCUT2D eigenvalue weighted by Crippen LogP contribution is -2.14.